The molecule has 1 aliphatic heterocycles. The van der Waals surface area contributed by atoms with Gasteiger partial charge in [0, 0.05) is 37.4 Å². The number of carbonyl (C=O) groups excluding carboxylic acids is 1. The summed E-state index contributed by atoms with van der Waals surface area (Å²) in [6.45, 7) is 5.53. The lowest BCUT2D eigenvalue weighted by atomic mass is 9.41. The second-order valence-corrected chi connectivity index (χ2v) is 9.54. The molecule has 3 unspecified atom stereocenters. The maximum Gasteiger partial charge on any atom is 0.417 e. The van der Waals surface area contributed by atoms with Gasteiger partial charge in [-0.05, 0) is 50.6 Å². The van der Waals surface area contributed by atoms with E-state index in [4.69, 9.17) is 28.3 Å². The van der Waals surface area contributed by atoms with Crippen molar-refractivity contribution in [1.29, 1.82) is 0 Å². The zero-order valence-electron chi connectivity index (χ0n) is 21.6. The molecule has 196 valence electrons. The second-order valence-electron chi connectivity index (χ2n) is 9.54. The van der Waals surface area contributed by atoms with E-state index in [1.165, 1.54) is 25.4 Å². The van der Waals surface area contributed by atoms with E-state index < -0.39 is 34.9 Å². The molecule has 3 atom stereocenters. The standard InChI is InChI=1S/C25H24B3F3N6O2/c1-13-9-16(25(29,30)31)10-34-21(13)35-11-18-15(3)39-14(2)12-37(18)23(38)20-17(22-32-7-4-8-33-22)5-6-19(36-20)24(26,27)28/h4-10,14-15,18H,11-12H2,1-3H3,(H,34,35). The quantitative estimate of drug-likeness (QED) is 0.491. The first-order valence-electron chi connectivity index (χ1n) is 12.2. The molecular formula is C25H24B3F3N6O2. The number of halogens is 3. The smallest absolute Gasteiger partial charge is 0.372 e. The summed E-state index contributed by atoms with van der Waals surface area (Å²) in [4.78, 5) is 32.5. The number of carbonyl (C=O) groups is 1. The molecule has 1 saturated heterocycles. The fourth-order valence-corrected chi connectivity index (χ4v) is 4.41. The van der Waals surface area contributed by atoms with Crippen LogP contribution >= 0.6 is 0 Å². The van der Waals surface area contributed by atoms with E-state index in [0.717, 1.165) is 12.3 Å². The van der Waals surface area contributed by atoms with Gasteiger partial charge < -0.3 is 15.0 Å². The van der Waals surface area contributed by atoms with E-state index in [1.54, 1.807) is 17.0 Å². The van der Waals surface area contributed by atoms with Crippen molar-refractivity contribution in [3.05, 3.63) is 65.4 Å². The lowest BCUT2D eigenvalue weighted by Gasteiger charge is -2.43. The number of nitrogens with one attached hydrogen (secondary N) is 1. The van der Waals surface area contributed by atoms with E-state index in [9.17, 15) is 18.0 Å². The van der Waals surface area contributed by atoms with Crippen LogP contribution in [-0.4, -0.2) is 85.6 Å². The van der Waals surface area contributed by atoms with Crippen molar-refractivity contribution in [3.63, 3.8) is 0 Å². The fourth-order valence-electron chi connectivity index (χ4n) is 4.41. The summed E-state index contributed by atoms with van der Waals surface area (Å²) in [5, 5.41) is 1.27. The van der Waals surface area contributed by atoms with Crippen LogP contribution in [0.1, 0.15) is 41.2 Å². The van der Waals surface area contributed by atoms with Crippen molar-refractivity contribution in [2.75, 3.05) is 18.4 Å². The maximum atomic E-state index is 14.1. The van der Waals surface area contributed by atoms with Gasteiger partial charge in [0.05, 0.1) is 52.9 Å². The van der Waals surface area contributed by atoms with Gasteiger partial charge in [-0.25, -0.2) is 19.9 Å². The molecule has 4 rings (SSSR count). The molecule has 3 aromatic rings. The van der Waals surface area contributed by atoms with Gasteiger partial charge >= 0.3 is 6.18 Å². The van der Waals surface area contributed by atoms with Crippen molar-refractivity contribution in [2.24, 2.45) is 0 Å². The summed E-state index contributed by atoms with van der Waals surface area (Å²) in [6.07, 6.45) is -1.40. The number of anilines is 1. The Labute approximate surface area is 228 Å². The lowest BCUT2D eigenvalue weighted by molar-refractivity contribution is -0.137. The Morgan fingerprint density at radius 1 is 1.15 bits per heavy atom. The maximum absolute atomic E-state index is 14.1. The minimum Gasteiger partial charge on any atom is -0.372 e. The SMILES string of the molecule is [B]C([B])([B])c1ccc(-c2ncccn2)c(C(=O)N2CC(C)OC(C)C2CNc2ncc(C(F)(F)F)cc2C)n1. The number of aryl methyl sites for hydroxylation is 1. The number of hydrogen-bond acceptors (Lipinski definition) is 7. The Kier molecular flexibility index (Phi) is 8.06. The monoisotopic (exact) mass is 530 g/mol. The van der Waals surface area contributed by atoms with Crippen LogP contribution in [-0.2, 0) is 16.0 Å². The molecule has 1 fully saturated rings. The Morgan fingerprint density at radius 3 is 2.46 bits per heavy atom. The third kappa shape index (κ3) is 6.43. The number of amides is 1. The van der Waals surface area contributed by atoms with Gasteiger partial charge in [0.25, 0.3) is 5.91 Å². The summed E-state index contributed by atoms with van der Waals surface area (Å²) >= 11 is 0. The third-order valence-electron chi connectivity index (χ3n) is 6.34. The van der Waals surface area contributed by atoms with Crippen LogP contribution in [0.3, 0.4) is 0 Å². The van der Waals surface area contributed by atoms with Crippen LogP contribution in [0.5, 0.6) is 0 Å². The van der Waals surface area contributed by atoms with Crippen molar-refractivity contribution < 1.29 is 22.7 Å². The van der Waals surface area contributed by atoms with Gasteiger partial charge in [0.1, 0.15) is 11.5 Å². The average Bonchev–Trinajstić information content (AvgIpc) is 2.87. The van der Waals surface area contributed by atoms with Crippen molar-refractivity contribution in [3.8, 4) is 11.4 Å². The van der Waals surface area contributed by atoms with Crippen LogP contribution < -0.4 is 5.32 Å². The predicted octanol–water partition coefficient (Wildman–Crippen LogP) is 2.61. The van der Waals surface area contributed by atoms with Crippen molar-refractivity contribution in [1.82, 2.24) is 24.8 Å². The van der Waals surface area contributed by atoms with Gasteiger partial charge in [-0.15, -0.1) is 0 Å². The lowest BCUT2D eigenvalue weighted by Crippen LogP contribution is -2.58. The molecular weight excluding hydrogens is 506 g/mol. The van der Waals surface area contributed by atoms with Crippen LogP contribution in [0.4, 0.5) is 19.0 Å². The Bertz CT molecular complexity index is 1340. The van der Waals surface area contributed by atoms with Gasteiger partial charge in [-0.2, -0.15) is 13.2 Å². The van der Waals surface area contributed by atoms with E-state index in [1.807, 2.05) is 13.8 Å². The fraction of sp³-hybridized carbons (Fsp3) is 0.400. The van der Waals surface area contributed by atoms with Gasteiger partial charge in [-0.3, -0.25) is 4.79 Å². The number of pyridine rings is 2. The summed E-state index contributed by atoms with van der Waals surface area (Å²) in [7, 11) is 17.6. The summed E-state index contributed by atoms with van der Waals surface area (Å²) in [5.41, 5.74) is -0.0995. The molecule has 1 amide bonds. The molecule has 0 bridgehead atoms. The Morgan fingerprint density at radius 2 is 1.85 bits per heavy atom. The highest BCUT2D eigenvalue weighted by Gasteiger charge is 2.38. The minimum absolute atomic E-state index is 0.000407. The predicted molar refractivity (Wildman–Crippen MR) is 142 cm³/mol. The molecule has 0 saturated carbocycles. The van der Waals surface area contributed by atoms with Crippen LogP contribution in [0.25, 0.3) is 11.4 Å². The molecule has 1 N–H and O–H groups in total. The zero-order chi connectivity index (χ0) is 28.5. The minimum atomic E-state index is -4.50. The first-order chi connectivity index (χ1) is 18.3. The van der Waals surface area contributed by atoms with Gasteiger partial charge in [0.15, 0.2) is 5.82 Å². The first kappa shape index (κ1) is 28.6. The van der Waals surface area contributed by atoms with Gasteiger partial charge in [0.2, 0.25) is 0 Å². The summed E-state index contributed by atoms with van der Waals surface area (Å²) in [5.74, 6) is 0.0681. The van der Waals surface area contributed by atoms with Gasteiger partial charge in [-0.1, -0.05) is 5.11 Å². The van der Waals surface area contributed by atoms with Crippen molar-refractivity contribution >= 4 is 35.3 Å². The highest BCUT2D eigenvalue weighted by Crippen LogP contribution is 2.31. The largest absolute Gasteiger partial charge is 0.417 e. The summed E-state index contributed by atoms with van der Waals surface area (Å²) in [6, 6.07) is 5.21. The Hall–Kier alpha value is -3.41. The third-order valence-corrected chi connectivity index (χ3v) is 6.34. The molecule has 3 aromatic heterocycles. The molecule has 8 nitrogen and oxygen atoms in total. The highest BCUT2D eigenvalue weighted by molar-refractivity contribution is 6.58. The number of hydrogen-bond donors (Lipinski definition) is 1. The van der Waals surface area contributed by atoms with E-state index >= 15 is 0 Å². The first-order valence-corrected chi connectivity index (χ1v) is 12.2. The number of nitrogens with zero attached hydrogens (tertiary/aromatic N) is 5. The normalized spacial score (nSPS) is 20.1. The van der Waals surface area contributed by atoms with E-state index in [2.05, 4.69) is 25.3 Å². The Balaban J connectivity index is 1.68. The number of alkyl halides is 3. The number of morpholine rings is 1. The number of aromatic nitrogens is 4. The molecule has 14 heteroatoms. The number of rotatable bonds is 6. The molecule has 6 radical (unpaired) electrons. The molecule has 4 heterocycles. The second kappa shape index (κ2) is 11.0. The molecule has 0 aliphatic carbocycles. The molecule has 39 heavy (non-hydrogen) atoms. The molecule has 1 aliphatic rings. The molecule has 0 aromatic carbocycles. The average molecular weight is 530 g/mol. The van der Waals surface area contributed by atoms with Crippen LogP contribution in [0.15, 0.2) is 42.9 Å². The topological polar surface area (TPSA) is 93.1 Å². The molecule has 0 spiro atoms. The van der Waals surface area contributed by atoms with Crippen LogP contribution in [0.2, 0.25) is 0 Å². The van der Waals surface area contributed by atoms with Crippen LogP contribution in [0, 0.1) is 6.92 Å². The van der Waals surface area contributed by atoms with E-state index in [0.29, 0.717) is 11.1 Å². The van der Waals surface area contributed by atoms with Crippen molar-refractivity contribution in [2.45, 2.75) is 50.3 Å². The summed E-state index contributed by atoms with van der Waals surface area (Å²) < 4.78 is 45.2. The highest BCUT2D eigenvalue weighted by atomic mass is 19.4. The number of ether oxygens (including phenoxy) is 1. The zero-order valence-corrected chi connectivity index (χ0v) is 21.6. The van der Waals surface area contributed by atoms with E-state index in [-0.39, 0.29) is 42.2 Å².